The number of hydrogen-bond donors (Lipinski definition) is 2. The molecule has 0 aliphatic heterocycles. The molecule has 0 radical (unpaired) electrons. The van der Waals surface area contributed by atoms with E-state index in [0.717, 1.165) is 4.47 Å². The lowest BCUT2D eigenvalue weighted by atomic mass is 10.2. The summed E-state index contributed by atoms with van der Waals surface area (Å²) in [4.78, 5) is 23.4. The zero-order chi connectivity index (χ0) is 14.0. The highest BCUT2D eigenvalue weighted by atomic mass is 79.9. The summed E-state index contributed by atoms with van der Waals surface area (Å²) in [6.07, 6.45) is 0. The first kappa shape index (κ1) is 14.2. The second kappa shape index (κ2) is 5.85. The normalized spacial score (nSPS) is 10.2. The minimum atomic E-state index is -1.01. The third kappa shape index (κ3) is 3.23. The van der Waals surface area contributed by atoms with Gasteiger partial charge >= 0.3 is 5.97 Å². The molecule has 2 aromatic rings. The first-order valence-corrected chi connectivity index (χ1v) is 7.53. The van der Waals surface area contributed by atoms with Crippen molar-refractivity contribution in [2.75, 3.05) is 5.32 Å². The summed E-state index contributed by atoms with van der Waals surface area (Å²) < 4.78 is 1.25. The number of aromatic carboxylic acids is 1. The number of rotatable bonds is 3. The fourth-order valence-electron chi connectivity index (χ4n) is 1.38. The van der Waals surface area contributed by atoms with E-state index in [0.29, 0.717) is 15.0 Å². The summed E-state index contributed by atoms with van der Waals surface area (Å²) in [5, 5.41) is 13.4. The number of carbonyl (C=O) groups excluding carboxylic acids is 1. The highest BCUT2D eigenvalue weighted by Crippen LogP contribution is 2.27. The molecule has 2 rings (SSSR count). The molecule has 0 spiro atoms. The molecule has 98 valence electrons. The zero-order valence-corrected chi connectivity index (χ0v) is 13.3. The minimum absolute atomic E-state index is 0.155. The number of anilines is 1. The highest BCUT2D eigenvalue weighted by Gasteiger charge is 2.14. The minimum Gasteiger partial charge on any atom is -0.478 e. The summed E-state index contributed by atoms with van der Waals surface area (Å²) in [7, 11) is 0. The van der Waals surface area contributed by atoms with Crippen LogP contribution >= 0.6 is 43.2 Å². The van der Waals surface area contributed by atoms with E-state index in [4.69, 9.17) is 5.11 Å². The van der Waals surface area contributed by atoms with Gasteiger partial charge in [0.05, 0.1) is 11.3 Å². The van der Waals surface area contributed by atoms with Gasteiger partial charge < -0.3 is 10.4 Å². The van der Waals surface area contributed by atoms with Crippen molar-refractivity contribution in [3.8, 4) is 0 Å². The Balaban J connectivity index is 2.23. The van der Waals surface area contributed by atoms with E-state index < -0.39 is 5.97 Å². The van der Waals surface area contributed by atoms with Gasteiger partial charge in [-0.25, -0.2) is 4.79 Å². The van der Waals surface area contributed by atoms with E-state index in [2.05, 4.69) is 37.2 Å². The van der Waals surface area contributed by atoms with Gasteiger partial charge in [0.2, 0.25) is 0 Å². The summed E-state index contributed by atoms with van der Waals surface area (Å²) >= 11 is 7.85. The predicted molar refractivity (Wildman–Crippen MR) is 81.1 cm³/mol. The lowest BCUT2D eigenvalue weighted by molar-refractivity contribution is 0.0696. The maximum Gasteiger partial charge on any atom is 0.335 e. The number of thiophene rings is 1. The molecule has 0 atom stereocenters. The van der Waals surface area contributed by atoms with Crippen molar-refractivity contribution in [2.45, 2.75) is 0 Å². The van der Waals surface area contributed by atoms with Crippen molar-refractivity contribution in [1.82, 2.24) is 0 Å². The first-order valence-electron chi connectivity index (χ1n) is 5.06. The smallest absolute Gasteiger partial charge is 0.335 e. The lowest BCUT2D eigenvalue weighted by Gasteiger charge is -2.07. The van der Waals surface area contributed by atoms with Crippen LogP contribution in [0.1, 0.15) is 20.0 Å². The van der Waals surface area contributed by atoms with Gasteiger partial charge in [-0.15, -0.1) is 11.3 Å². The Hall–Kier alpha value is -1.18. The third-order valence-electron chi connectivity index (χ3n) is 2.29. The molecular formula is C12H7Br2NO3S. The molecule has 0 unspecified atom stereocenters. The van der Waals surface area contributed by atoms with Gasteiger partial charge in [0.25, 0.3) is 5.91 Å². The number of carboxylic acids is 1. The number of halogens is 2. The van der Waals surface area contributed by atoms with Crippen LogP contribution in [0.3, 0.4) is 0 Å². The Morgan fingerprint density at radius 3 is 2.42 bits per heavy atom. The van der Waals surface area contributed by atoms with E-state index in [1.54, 1.807) is 12.1 Å². The van der Waals surface area contributed by atoms with Gasteiger partial charge in [-0.2, -0.15) is 0 Å². The molecule has 0 saturated carbocycles. The van der Waals surface area contributed by atoms with Crippen LogP contribution in [0.25, 0.3) is 0 Å². The van der Waals surface area contributed by atoms with Crippen LogP contribution in [0.2, 0.25) is 0 Å². The molecule has 19 heavy (non-hydrogen) atoms. The molecule has 0 saturated heterocycles. The molecule has 0 bridgehead atoms. The predicted octanol–water partition coefficient (Wildman–Crippen LogP) is 4.22. The van der Waals surface area contributed by atoms with E-state index in [-0.39, 0.29) is 11.5 Å². The second-order valence-electron chi connectivity index (χ2n) is 3.55. The lowest BCUT2D eigenvalue weighted by Crippen LogP contribution is -2.11. The number of carbonyl (C=O) groups is 2. The Kier molecular flexibility index (Phi) is 4.38. The standard InChI is InChI=1S/C12H7Br2NO3S/c13-7-3-4-19-10(7)11(16)15-9-2-1-6(12(17)18)5-8(9)14/h1-5H,(H,15,16)(H,17,18). The molecule has 7 heteroatoms. The molecule has 2 N–H and O–H groups in total. The summed E-state index contributed by atoms with van der Waals surface area (Å²) in [6.45, 7) is 0. The summed E-state index contributed by atoms with van der Waals surface area (Å²) in [5.41, 5.74) is 0.678. The van der Waals surface area contributed by atoms with E-state index in [1.165, 1.54) is 23.5 Å². The van der Waals surface area contributed by atoms with Gasteiger partial charge in [0.15, 0.2) is 0 Å². The first-order chi connectivity index (χ1) is 8.99. The quantitative estimate of drug-likeness (QED) is 0.804. The van der Waals surface area contributed by atoms with Gasteiger partial charge in [0.1, 0.15) is 4.88 Å². The average Bonchev–Trinajstić information content (AvgIpc) is 2.77. The highest BCUT2D eigenvalue weighted by molar-refractivity contribution is 9.11. The molecule has 1 heterocycles. The molecule has 1 aromatic heterocycles. The third-order valence-corrected chi connectivity index (χ3v) is 4.78. The Morgan fingerprint density at radius 1 is 1.16 bits per heavy atom. The summed E-state index contributed by atoms with van der Waals surface area (Å²) in [6, 6.07) is 6.22. The number of nitrogens with one attached hydrogen (secondary N) is 1. The van der Waals surface area contributed by atoms with Gasteiger partial charge in [0, 0.05) is 8.95 Å². The van der Waals surface area contributed by atoms with Crippen molar-refractivity contribution in [3.63, 3.8) is 0 Å². The van der Waals surface area contributed by atoms with E-state index >= 15 is 0 Å². The largest absolute Gasteiger partial charge is 0.478 e. The average molecular weight is 405 g/mol. The van der Waals surface area contributed by atoms with Crippen molar-refractivity contribution >= 4 is 60.8 Å². The van der Waals surface area contributed by atoms with Crippen LogP contribution in [0.5, 0.6) is 0 Å². The molecule has 4 nitrogen and oxygen atoms in total. The summed E-state index contributed by atoms with van der Waals surface area (Å²) in [5.74, 6) is -1.26. The number of carboxylic acid groups (broad SMARTS) is 1. The van der Waals surface area contributed by atoms with E-state index in [9.17, 15) is 9.59 Å². The number of amides is 1. The van der Waals surface area contributed by atoms with Crippen molar-refractivity contribution in [3.05, 3.63) is 49.0 Å². The fraction of sp³-hybridized carbons (Fsp3) is 0. The van der Waals surface area contributed by atoms with Crippen molar-refractivity contribution in [2.24, 2.45) is 0 Å². The van der Waals surface area contributed by atoms with Gasteiger partial charge in [-0.05, 0) is 61.5 Å². The van der Waals surface area contributed by atoms with Crippen molar-refractivity contribution < 1.29 is 14.7 Å². The SMILES string of the molecule is O=C(O)c1ccc(NC(=O)c2sccc2Br)c(Br)c1. The van der Waals surface area contributed by atoms with Crippen LogP contribution < -0.4 is 5.32 Å². The molecule has 0 aliphatic carbocycles. The van der Waals surface area contributed by atoms with Gasteiger partial charge in [-0.1, -0.05) is 0 Å². The zero-order valence-electron chi connectivity index (χ0n) is 9.31. The maximum atomic E-state index is 12.0. The van der Waals surface area contributed by atoms with Crippen molar-refractivity contribution in [1.29, 1.82) is 0 Å². The van der Waals surface area contributed by atoms with Crippen LogP contribution in [0.15, 0.2) is 38.6 Å². The Labute approximate surface area is 129 Å². The second-order valence-corrected chi connectivity index (χ2v) is 6.18. The molecule has 1 amide bonds. The van der Waals surface area contributed by atoms with Gasteiger partial charge in [-0.3, -0.25) is 4.79 Å². The Bertz CT molecular complexity index is 654. The number of hydrogen-bond acceptors (Lipinski definition) is 3. The maximum absolute atomic E-state index is 12.0. The topological polar surface area (TPSA) is 66.4 Å². The van der Waals surface area contributed by atoms with E-state index in [1.807, 2.05) is 5.38 Å². The van der Waals surface area contributed by atoms with Crippen LogP contribution in [-0.2, 0) is 0 Å². The monoisotopic (exact) mass is 403 g/mol. The van der Waals surface area contributed by atoms with Crippen LogP contribution in [0, 0.1) is 0 Å². The molecule has 0 fully saturated rings. The molecule has 0 aliphatic rings. The fourth-order valence-corrected chi connectivity index (χ4v) is 3.31. The van der Waals surface area contributed by atoms with Crippen LogP contribution in [0.4, 0.5) is 5.69 Å². The number of benzene rings is 1. The van der Waals surface area contributed by atoms with Crippen LogP contribution in [-0.4, -0.2) is 17.0 Å². The molecule has 1 aromatic carbocycles. The Morgan fingerprint density at radius 2 is 1.89 bits per heavy atom. The molecular weight excluding hydrogens is 398 g/mol.